The zero-order chi connectivity index (χ0) is 26.6. The van der Waals surface area contributed by atoms with Crippen molar-refractivity contribution < 1.29 is 29.3 Å². The average Bonchev–Trinajstić information content (AvgIpc) is 2.87. The van der Waals surface area contributed by atoms with E-state index in [1.165, 1.54) is 31.7 Å². The normalized spacial score (nSPS) is 10.3. The van der Waals surface area contributed by atoms with E-state index in [1.807, 2.05) is 19.1 Å². The van der Waals surface area contributed by atoms with Crippen LogP contribution in [0.5, 0.6) is 11.5 Å². The summed E-state index contributed by atoms with van der Waals surface area (Å²) < 4.78 is 10.8. The number of carboxylic acid groups (broad SMARTS) is 1. The standard InChI is InChI=1S/C19H30O3.C11H14O3/c1-3-5-7-8-9-10-15-22-18-16(12-6-4-2)13-11-14-17(18)19(20)21;1-2-3-8-14-11(13)9-6-4-5-7-10(9)12/h11,13-14H,3-10,12,15H2,1-2H3,(H,20,21);4-7,12H,2-3,8H2,1H3. The van der Waals surface area contributed by atoms with Crippen molar-refractivity contribution in [3.63, 3.8) is 0 Å². The lowest BCUT2D eigenvalue weighted by atomic mass is 10.0. The van der Waals surface area contributed by atoms with Gasteiger partial charge in [0.1, 0.15) is 22.6 Å². The number of hydrogen-bond donors (Lipinski definition) is 2. The van der Waals surface area contributed by atoms with Gasteiger partial charge >= 0.3 is 11.9 Å². The molecule has 2 N–H and O–H groups in total. The summed E-state index contributed by atoms with van der Waals surface area (Å²) in [7, 11) is 0. The van der Waals surface area contributed by atoms with Crippen molar-refractivity contribution in [2.45, 2.75) is 91.4 Å². The molecule has 36 heavy (non-hydrogen) atoms. The first-order chi connectivity index (χ1) is 17.5. The number of hydrogen-bond acceptors (Lipinski definition) is 5. The van der Waals surface area contributed by atoms with Crippen molar-refractivity contribution in [2.75, 3.05) is 13.2 Å². The number of esters is 1. The molecule has 0 atom stereocenters. The zero-order valence-corrected chi connectivity index (χ0v) is 22.3. The molecule has 2 aromatic rings. The smallest absolute Gasteiger partial charge is 0.341 e. The number of carbonyl (C=O) groups is 2. The molecule has 0 saturated heterocycles. The molecule has 6 nitrogen and oxygen atoms in total. The average molecular weight is 501 g/mol. The second kappa shape index (κ2) is 19.2. The Balaban J connectivity index is 0.000000397. The molecular weight excluding hydrogens is 456 g/mol. The summed E-state index contributed by atoms with van der Waals surface area (Å²) in [6.07, 6.45) is 12.1. The number of ether oxygens (including phenoxy) is 2. The number of phenolic OH excluding ortho intramolecular Hbond substituents is 1. The minimum atomic E-state index is -0.906. The summed E-state index contributed by atoms with van der Waals surface area (Å²) >= 11 is 0. The Bertz CT molecular complexity index is 893. The van der Waals surface area contributed by atoms with Crippen LogP contribution in [0.1, 0.15) is 111 Å². The van der Waals surface area contributed by atoms with Gasteiger partial charge in [-0.05, 0) is 49.4 Å². The third-order valence-electron chi connectivity index (χ3n) is 5.73. The molecule has 2 rings (SSSR count). The molecule has 0 heterocycles. The number of carboxylic acids is 1. The zero-order valence-electron chi connectivity index (χ0n) is 22.3. The molecule has 0 saturated carbocycles. The Kier molecular flexibility index (Phi) is 16.5. The van der Waals surface area contributed by atoms with Gasteiger partial charge in [-0.1, -0.05) is 90.0 Å². The van der Waals surface area contributed by atoms with Gasteiger partial charge in [-0.25, -0.2) is 9.59 Å². The Morgan fingerprint density at radius 3 is 2.03 bits per heavy atom. The number of aromatic hydroxyl groups is 1. The quantitative estimate of drug-likeness (QED) is 0.180. The Morgan fingerprint density at radius 2 is 1.36 bits per heavy atom. The largest absolute Gasteiger partial charge is 0.507 e. The molecule has 0 aromatic heterocycles. The Labute approximate surface area is 216 Å². The van der Waals surface area contributed by atoms with Crippen LogP contribution in [0.2, 0.25) is 0 Å². The Morgan fingerprint density at radius 1 is 0.722 bits per heavy atom. The highest BCUT2D eigenvalue weighted by atomic mass is 16.5. The van der Waals surface area contributed by atoms with Crippen LogP contribution in [0.25, 0.3) is 0 Å². The summed E-state index contributed by atoms with van der Waals surface area (Å²) in [5, 5.41) is 18.7. The van der Waals surface area contributed by atoms with E-state index in [0.717, 1.165) is 50.5 Å². The number of carbonyl (C=O) groups excluding carboxylic acids is 1. The lowest BCUT2D eigenvalue weighted by molar-refractivity contribution is 0.0496. The van der Waals surface area contributed by atoms with Gasteiger partial charge in [-0.15, -0.1) is 0 Å². The van der Waals surface area contributed by atoms with Gasteiger partial charge in [-0.3, -0.25) is 0 Å². The van der Waals surface area contributed by atoms with E-state index in [4.69, 9.17) is 9.47 Å². The summed E-state index contributed by atoms with van der Waals surface area (Å²) in [5.41, 5.74) is 1.54. The number of rotatable bonds is 16. The first kappa shape index (κ1) is 31.0. The van der Waals surface area contributed by atoms with Crippen LogP contribution in [-0.4, -0.2) is 35.4 Å². The van der Waals surface area contributed by atoms with Crippen molar-refractivity contribution in [2.24, 2.45) is 0 Å². The first-order valence-electron chi connectivity index (χ1n) is 13.4. The predicted octanol–water partition coefficient (Wildman–Crippen LogP) is 7.82. The second-order valence-corrected chi connectivity index (χ2v) is 8.83. The van der Waals surface area contributed by atoms with Crippen LogP contribution >= 0.6 is 0 Å². The van der Waals surface area contributed by atoms with Gasteiger partial charge in [-0.2, -0.15) is 0 Å². The molecule has 6 heteroatoms. The number of aryl methyl sites for hydroxylation is 1. The van der Waals surface area contributed by atoms with E-state index >= 15 is 0 Å². The van der Waals surface area contributed by atoms with Crippen molar-refractivity contribution in [3.8, 4) is 11.5 Å². The fourth-order valence-corrected chi connectivity index (χ4v) is 3.58. The van der Waals surface area contributed by atoms with Crippen LogP contribution in [0, 0.1) is 0 Å². The van der Waals surface area contributed by atoms with Crippen LogP contribution in [0.3, 0.4) is 0 Å². The summed E-state index contributed by atoms with van der Waals surface area (Å²) in [6, 6.07) is 11.8. The van der Waals surface area contributed by atoms with Gasteiger partial charge < -0.3 is 19.7 Å². The maximum atomic E-state index is 11.4. The van der Waals surface area contributed by atoms with Gasteiger partial charge in [0.05, 0.1) is 13.2 Å². The van der Waals surface area contributed by atoms with Gasteiger partial charge in [0.15, 0.2) is 0 Å². The molecule has 0 aliphatic rings. The van der Waals surface area contributed by atoms with Crippen LogP contribution < -0.4 is 4.74 Å². The van der Waals surface area contributed by atoms with E-state index < -0.39 is 11.9 Å². The molecule has 0 radical (unpaired) electrons. The number of aromatic carboxylic acids is 1. The number of benzene rings is 2. The van der Waals surface area contributed by atoms with E-state index in [1.54, 1.807) is 24.3 Å². The highest BCUT2D eigenvalue weighted by Gasteiger charge is 2.15. The van der Waals surface area contributed by atoms with Gasteiger partial charge in [0, 0.05) is 0 Å². The third-order valence-corrected chi connectivity index (χ3v) is 5.73. The van der Waals surface area contributed by atoms with E-state index in [9.17, 15) is 19.8 Å². The SMILES string of the molecule is CCCCCCCCOc1c(CCCC)cccc1C(=O)O.CCCCOC(=O)c1ccccc1O. The molecule has 0 spiro atoms. The molecule has 0 unspecified atom stereocenters. The lowest BCUT2D eigenvalue weighted by Crippen LogP contribution is -2.07. The van der Waals surface area contributed by atoms with Gasteiger partial charge in [0.25, 0.3) is 0 Å². The lowest BCUT2D eigenvalue weighted by Gasteiger charge is -2.14. The molecule has 2 aromatic carbocycles. The van der Waals surface area contributed by atoms with Crippen molar-refractivity contribution in [1.29, 1.82) is 0 Å². The number of para-hydroxylation sites is 2. The van der Waals surface area contributed by atoms with Gasteiger partial charge in [0.2, 0.25) is 0 Å². The van der Waals surface area contributed by atoms with Crippen molar-refractivity contribution in [1.82, 2.24) is 0 Å². The minimum absolute atomic E-state index is 0.0333. The van der Waals surface area contributed by atoms with Crippen LogP contribution in [-0.2, 0) is 11.2 Å². The maximum Gasteiger partial charge on any atom is 0.341 e. The van der Waals surface area contributed by atoms with E-state index in [2.05, 4.69) is 13.8 Å². The summed E-state index contributed by atoms with van der Waals surface area (Å²) in [6.45, 7) is 7.38. The van der Waals surface area contributed by atoms with E-state index in [-0.39, 0.29) is 11.3 Å². The predicted molar refractivity (Wildman–Crippen MR) is 144 cm³/mol. The molecule has 0 amide bonds. The topological polar surface area (TPSA) is 93.1 Å². The highest BCUT2D eigenvalue weighted by Crippen LogP contribution is 2.26. The van der Waals surface area contributed by atoms with Crippen LogP contribution in [0.15, 0.2) is 42.5 Å². The molecule has 0 aliphatic heterocycles. The maximum absolute atomic E-state index is 11.4. The fraction of sp³-hybridized carbons (Fsp3) is 0.533. The number of phenols is 1. The fourth-order valence-electron chi connectivity index (χ4n) is 3.58. The summed E-state index contributed by atoms with van der Waals surface area (Å²) in [4.78, 5) is 22.7. The summed E-state index contributed by atoms with van der Waals surface area (Å²) in [5.74, 6) is -0.821. The monoisotopic (exact) mass is 500 g/mol. The minimum Gasteiger partial charge on any atom is -0.507 e. The van der Waals surface area contributed by atoms with Crippen molar-refractivity contribution >= 4 is 11.9 Å². The Hall–Kier alpha value is -3.02. The highest BCUT2D eigenvalue weighted by molar-refractivity contribution is 5.92. The second-order valence-electron chi connectivity index (χ2n) is 8.83. The molecule has 200 valence electrons. The molecule has 0 fully saturated rings. The molecular formula is C30H44O6. The molecule has 0 aliphatic carbocycles. The van der Waals surface area contributed by atoms with Crippen molar-refractivity contribution in [3.05, 3.63) is 59.2 Å². The molecule has 0 bridgehead atoms. The number of unbranched alkanes of at least 4 members (excludes halogenated alkanes) is 7. The van der Waals surface area contributed by atoms with Crippen LogP contribution in [0.4, 0.5) is 0 Å². The van der Waals surface area contributed by atoms with E-state index in [0.29, 0.717) is 24.5 Å². The first-order valence-corrected chi connectivity index (χ1v) is 13.4. The third kappa shape index (κ3) is 12.1.